The molecule has 0 radical (unpaired) electrons. The van der Waals surface area contributed by atoms with Crippen LogP contribution in [-0.2, 0) is 15.9 Å². The molecule has 6 N–H and O–H groups in total. The van der Waals surface area contributed by atoms with Gasteiger partial charge in [-0.3, -0.25) is 0 Å². The Morgan fingerprint density at radius 1 is 1.53 bits per heavy atom. The fraction of sp³-hybridized carbons (Fsp3) is 0.167. The van der Waals surface area contributed by atoms with Crippen LogP contribution in [0.2, 0.25) is 0 Å². The van der Waals surface area contributed by atoms with Crippen molar-refractivity contribution in [2.75, 3.05) is 12.1 Å². The van der Waals surface area contributed by atoms with Crippen LogP contribution in [0.3, 0.4) is 0 Å². The molecule has 19 heavy (non-hydrogen) atoms. The third-order valence-electron chi connectivity index (χ3n) is 2.72. The maximum Gasteiger partial charge on any atom is 0.491 e. The Labute approximate surface area is 111 Å². The summed E-state index contributed by atoms with van der Waals surface area (Å²) in [5.74, 6) is 0.177. The molecule has 7 heteroatoms. The third-order valence-corrected chi connectivity index (χ3v) is 2.72. The van der Waals surface area contributed by atoms with Crippen LogP contribution in [0, 0.1) is 0 Å². The van der Waals surface area contributed by atoms with E-state index in [-0.39, 0.29) is 5.88 Å². The molecule has 1 aliphatic heterocycles. The maximum atomic E-state index is 9.73. The first-order chi connectivity index (χ1) is 9.20. The van der Waals surface area contributed by atoms with Gasteiger partial charge in [0.15, 0.2) is 0 Å². The highest BCUT2D eigenvalue weighted by Crippen LogP contribution is 2.13. The molecule has 0 unspecified atom stereocenters. The van der Waals surface area contributed by atoms with Gasteiger partial charge in [0, 0.05) is 12.7 Å². The van der Waals surface area contributed by atoms with Crippen molar-refractivity contribution in [2.24, 2.45) is 11.5 Å². The molecule has 0 bridgehead atoms. The van der Waals surface area contributed by atoms with Gasteiger partial charge in [-0.15, -0.1) is 0 Å². The lowest BCUT2D eigenvalue weighted by atomic mass is 9.73. The number of nitrogens with two attached hydrogens (primary N) is 2. The quantitative estimate of drug-likeness (QED) is 0.254. The first-order valence-electron chi connectivity index (χ1n) is 5.90. The monoisotopic (exact) mass is 261 g/mol. The second kappa shape index (κ2) is 6.17. The van der Waals surface area contributed by atoms with Gasteiger partial charge in [0.2, 0.25) is 5.88 Å². The largest absolute Gasteiger partial charge is 0.491 e. The first-order valence-corrected chi connectivity index (χ1v) is 5.90. The first kappa shape index (κ1) is 13.3. The van der Waals surface area contributed by atoms with Crippen molar-refractivity contribution in [1.29, 1.82) is 0 Å². The zero-order valence-electron chi connectivity index (χ0n) is 10.4. The van der Waals surface area contributed by atoms with Gasteiger partial charge < -0.3 is 26.0 Å². The molecule has 0 amide bonds. The van der Waals surface area contributed by atoms with E-state index < -0.39 is 7.12 Å². The second-order valence-electron chi connectivity index (χ2n) is 4.04. The molecular weight excluding hydrogens is 245 g/mol. The van der Waals surface area contributed by atoms with E-state index in [2.05, 4.69) is 5.48 Å². The number of hydrogen-bond acceptors (Lipinski definition) is 6. The summed E-state index contributed by atoms with van der Waals surface area (Å²) >= 11 is 0. The van der Waals surface area contributed by atoms with E-state index in [1.54, 1.807) is 12.1 Å². The molecular formula is C12H16BN3O3. The van der Waals surface area contributed by atoms with Gasteiger partial charge in [-0.05, 0) is 41.9 Å². The number of anilines is 1. The SMILES string of the molecule is N/C=C\C=C(/N)ONc1ccc2c(c1)B(O)OCC2. The second-order valence-corrected chi connectivity index (χ2v) is 4.04. The van der Waals surface area contributed by atoms with Crippen LogP contribution in [0.5, 0.6) is 0 Å². The standard InChI is InChI=1S/C12H16BN3O3/c14-6-1-2-12(15)19-16-10-4-3-9-5-7-18-13(17)11(9)8-10/h1-4,6,8,16-17H,5,7,14-15H2/b6-1-,12-2+. The van der Waals surface area contributed by atoms with Crippen molar-refractivity contribution >= 4 is 18.3 Å². The van der Waals surface area contributed by atoms with Gasteiger partial charge in [-0.2, -0.15) is 0 Å². The lowest BCUT2D eigenvalue weighted by Gasteiger charge is -2.19. The van der Waals surface area contributed by atoms with Gasteiger partial charge in [0.1, 0.15) is 0 Å². The summed E-state index contributed by atoms with van der Waals surface area (Å²) in [5.41, 5.74) is 15.9. The van der Waals surface area contributed by atoms with Crippen molar-refractivity contribution in [3.63, 3.8) is 0 Å². The summed E-state index contributed by atoms with van der Waals surface area (Å²) in [7, 11) is -0.890. The van der Waals surface area contributed by atoms with Crippen LogP contribution in [-0.4, -0.2) is 18.7 Å². The average Bonchev–Trinajstić information content (AvgIpc) is 2.43. The predicted octanol–water partition coefficient (Wildman–Crippen LogP) is -0.437. The van der Waals surface area contributed by atoms with Crippen LogP contribution in [0.1, 0.15) is 5.56 Å². The van der Waals surface area contributed by atoms with Crippen LogP contribution in [0.4, 0.5) is 5.69 Å². The van der Waals surface area contributed by atoms with E-state index >= 15 is 0 Å². The number of allylic oxidation sites excluding steroid dienone is 2. The number of rotatable bonds is 4. The van der Waals surface area contributed by atoms with Crippen molar-refractivity contribution in [1.82, 2.24) is 0 Å². The minimum Gasteiger partial charge on any atom is -0.423 e. The molecule has 0 fully saturated rings. The molecule has 2 rings (SSSR count). The molecule has 1 aliphatic rings. The molecule has 1 aromatic rings. The zero-order chi connectivity index (χ0) is 13.7. The summed E-state index contributed by atoms with van der Waals surface area (Å²) in [6, 6.07) is 5.54. The van der Waals surface area contributed by atoms with E-state index in [1.165, 1.54) is 12.3 Å². The molecule has 6 nitrogen and oxygen atoms in total. The molecule has 100 valence electrons. The van der Waals surface area contributed by atoms with Gasteiger partial charge in [-0.1, -0.05) is 6.07 Å². The van der Waals surface area contributed by atoms with E-state index in [1.807, 2.05) is 12.1 Å². The summed E-state index contributed by atoms with van der Waals surface area (Å²) in [5, 5.41) is 9.73. The van der Waals surface area contributed by atoms with E-state index in [9.17, 15) is 5.02 Å². The smallest absolute Gasteiger partial charge is 0.423 e. The fourth-order valence-corrected chi connectivity index (χ4v) is 1.79. The van der Waals surface area contributed by atoms with Crippen LogP contribution < -0.4 is 22.4 Å². The van der Waals surface area contributed by atoms with Crippen LogP contribution in [0.25, 0.3) is 0 Å². The Morgan fingerprint density at radius 2 is 2.37 bits per heavy atom. The van der Waals surface area contributed by atoms with Gasteiger partial charge in [-0.25, -0.2) is 5.48 Å². The lowest BCUT2D eigenvalue weighted by molar-refractivity contribution is 0.266. The highest BCUT2D eigenvalue weighted by atomic mass is 16.7. The maximum absolute atomic E-state index is 9.73. The Balaban J connectivity index is 2.04. The topological polar surface area (TPSA) is 103 Å². The minimum atomic E-state index is -0.890. The molecule has 0 saturated carbocycles. The Kier molecular flexibility index (Phi) is 4.32. The Bertz CT molecular complexity index is 505. The van der Waals surface area contributed by atoms with Crippen molar-refractivity contribution in [3.8, 4) is 0 Å². The molecule has 1 heterocycles. The minimum absolute atomic E-state index is 0.177. The summed E-state index contributed by atoms with van der Waals surface area (Å²) in [6.45, 7) is 0.526. The molecule has 0 atom stereocenters. The van der Waals surface area contributed by atoms with Crippen LogP contribution >= 0.6 is 0 Å². The zero-order valence-corrected chi connectivity index (χ0v) is 10.4. The molecule has 0 aromatic heterocycles. The number of fused-ring (bicyclic) bond motifs is 1. The highest BCUT2D eigenvalue weighted by molar-refractivity contribution is 6.61. The Hall–Kier alpha value is -2.12. The van der Waals surface area contributed by atoms with E-state index in [0.717, 1.165) is 17.4 Å². The van der Waals surface area contributed by atoms with Crippen LogP contribution in [0.15, 0.2) is 42.4 Å². The summed E-state index contributed by atoms with van der Waals surface area (Å²) < 4.78 is 5.17. The van der Waals surface area contributed by atoms with Crippen molar-refractivity contribution in [3.05, 3.63) is 48.0 Å². The summed E-state index contributed by atoms with van der Waals surface area (Å²) in [4.78, 5) is 5.12. The lowest BCUT2D eigenvalue weighted by Crippen LogP contribution is -2.41. The highest BCUT2D eigenvalue weighted by Gasteiger charge is 2.24. The van der Waals surface area contributed by atoms with E-state index in [0.29, 0.717) is 12.3 Å². The predicted molar refractivity (Wildman–Crippen MR) is 74.0 cm³/mol. The number of hydrogen-bond donors (Lipinski definition) is 4. The van der Waals surface area contributed by atoms with Gasteiger partial charge in [0.25, 0.3) is 0 Å². The fourth-order valence-electron chi connectivity index (χ4n) is 1.79. The van der Waals surface area contributed by atoms with E-state index in [4.69, 9.17) is 21.0 Å². The molecule has 0 aliphatic carbocycles. The van der Waals surface area contributed by atoms with Gasteiger partial charge in [0.05, 0.1) is 5.69 Å². The molecule has 1 aromatic carbocycles. The van der Waals surface area contributed by atoms with Crippen molar-refractivity contribution in [2.45, 2.75) is 6.42 Å². The third kappa shape index (κ3) is 3.43. The average molecular weight is 261 g/mol. The number of nitrogens with one attached hydrogen (secondary N) is 1. The number of benzene rings is 1. The Morgan fingerprint density at radius 3 is 3.16 bits per heavy atom. The molecule has 0 spiro atoms. The van der Waals surface area contributed by atoms with Crippen molar-refractivity contribution < 1.29 is 14.5 Å². The normalized spacial score (nSPS) is 15.4. The van der Waals surface area contributed by atoms with Gasteiger partial charge >= 0.3 is 7.12 Å². The summed E-state index contributed by atoms with van der Waals surface area (Å²) in [6.07, 6.45) is 5.21. The molecule has 0 saturated heterocycles.